The molecule has 0 spiro atoms. The lowest BCUT2D eigenvalue weighted by Gasteiger charge is -2.11. The van der Waals surface area contributed by atoms with Crippen molar-refractivity contribution in [1.29, 1.82) is 0 Å². The summed E-state index contributed by atoms with van der Waals surface area (Å²) in [4.78, 5) is 0. The fourth-order valence-electron chi connectivity index (χ4n) is 0.667. The Morgan fingerprint density at radius 1 is 1.88 bits per heavy atom. The van der Waals surface area contributed by atoms with Gasteiger partial charge in [-0.2, -0.15) is 0 Å². The van der Waals surface area contributed by atoms with Crippen molar-refractivity contribution in [2.24, 2.45) is 0 Å². The molecule has 1 N–H and O–H groups in total. The van der Waals surface area contributed by atoms with E-state index in [1.165, 1.54) is 0 Å². The zero-order valence-corrected chi connectivity index (χ0v) is 4.80. The van der Waals surface area contributed by atoms with E-state index < -0.39 is 0 Å². The minimum atomic E-state index is 0.885. The first kappa shape index (κ1) is 5.38. The molecule has 0 saturated carbocycles. The van der Waals surface area contributed by atoms with Gasteiger partial charge in [0.1, 0.15) is 0 Å². The van der Waals surface area contributed by atoms with Crippen LogP contribution in [0.15, 0.2) is 24.9 Å². The van der Waals surface area contributed by atoms with Crippen LogP contribution in [0.3, 0.4) is 0 Å². The van der Waals surface area contributed by atoms with Gasteiger partial charge in [0.15, 0.2) is 0 Å². The fourth-order valence-corrected chi connectivity index (χ4v) is 0.667. The highest BCUT2D eigenvalue weighted by Crippen LogP contribution is 1.90. The minimum Gasteiger partial charge on any atom is -0.312 e. The second-order valence-electron chi connectivity index (χ2n) is 1.69. The molecule has 0 aliphatic carbocycles. The molecule has 0 unspecified atom stereocenters. The first-order valence-corrected chi connectivity index (χ1v) is 2.71. The second kappa shape index (κ2) is 2.52. The summed E-state index contributed by atoms with van der Waals surface area (Å²) in [5.41, 5.74) is 3.11. The van der Waals surface area contributed by atoms with Crippen molar-refractivity contribution in [3.63, 3.8) is 0 Å². The van der Waals surface area contributed by atoms with Gasteiger partial charge in [0.25, 0.3) is 0 Å². The second-order valence-corrected chi connectivity index (χ2v) is 1.69. The van der Waals surface area contributed by atoms with Crippen LogP contribution >= 0.6 is 0 Å². The molecule has 0 aromatic heterocycles. The van der Waals surface area contributed by atoms with Gasteiger partial charge in [0.2, 0.25) is 0 Å². The molecule has 0 amide bonds. The van der Waals surface area contributed by atoms with Crippen molar-refractivity contribution in [3.8, 4) is 0 Å². The Kier molecular flexibility index (Phi) is 1.70. The van der Waals surface area contributed by atoms with Crippen molar-refractivity contribution in [2.75, 3.05) is 13.1 Å². The van der Waals surface area contributed by atoms with Gasteiger partial charge in [0, 0.05) is 12.7 Å². The molecule has 2 heteroatoms. The number of hydrogen-bond donors (Lipinski definition) is 1. The van der Waals surface area contributed by atoms with E-state index in [0.717, 1.165) is 13.1 Å². The van der Waals surface area contributed by atoms with Crippen LogP contribution < -0.4 is 5.43 Å². The number of hydrogen-bond acceptors (Lipinski definition) is 2. The lowest BCUT2D eigenvalue weighted by Crippen LogP contribution is -2.28. The van der Waals surface area contributed by atoms with Crippen molar-refractivity contribution < 1.29 is 0 Å². The molecule has 2 nitrogen and oxygen atoms in total. The fraction of sp³-hybridized carbons (Fsp3) is 0.333. The number of rotatable bonds is 2. The van der Waals surface area contributed by atoms with Gasteiger partial charge in [-0.3, -0.25) is 0 Å². The Balaban J connectivity index is 2.25. The van der Waals surface area contributed by atoms with E-state index in [1.807, 2.05) is 17.3 Å². The predicted octanol–water partition coefficient (Wildman–Crippen LogP) is 0.506. The first-order chi connectivity index (χ1) is 3.93. The van der Waals surface area contributed by atoms with Crippen LogP contribution in [0, 0.1) is 0 Å². The third-order valence-corrected chi connectivity index (χ3v) is 1.02. The van der Waals surface area contributed by atoms with Crippen molar-refractivity contribution in [3.05, 3.63) is 24.9 Å². The van der Waals surface area contributed by atoms with E-state index in [2.05, 4.69) is 18.1 Å². The van der Waals surface area contributed by atoms with Crippen molar-refractivity contribution in [1.82, 2.24) is 10.4 Å². The van der Waals surface area contributed by atoms with Crippen molar-refractivity contribution >= 4 is 0 Å². The van der Waals surface area contributed by atoms with Crippen LogP contribution in [-0.2, 0) is 0 Å². The smallest absolute Gasteiger partial charge is 0.0516 e. The molecular formula is C6H10N2. The van der Waals surface area contributed by atoms with E-state index >= 15 is 0 Å². The molecular weight excluding hydrogens is 100 g/mol. The van der Waals surface area contributed by atoms with Crippen LogP contribution in [0.4, 0.5) is 0 Å². The average molecular weight is 110 g/mol. The van der Waals surface area contributed by atoms with Gasteiger partial charge in [0.05, 0.1) is 6.54 Å². The van der Waals surface area contributed by atoms with Gasteiger partial charge in [-0.25, -0.2) is 5.43 Å². The molecule has 8 heavy (non-hydrogen) atoms. The molecule has 0 radical (unpaired) electrons. The molecule has 1 aliphatic rings. The molecule has 0 atom stereocenters. The van der Waals surface area contributed by atoms with Crippen LogP contribution in [0.2, 0.25) is 0 Å². The van der Waals surface area contributed by atoms with E-state index in [-0.39, 0.29) is 0 Å². The average Bonchev–Trinajstić information content (AvgIpc) is 2.19. The van der Waals surface area contributed by atoms with Crippen LogP contribution in [0.1, 0.15) is 0 Å². The van der Waals surface area contributed by atoms with E-state index in [4.69, 9.17) is 0 Å². The zero-order valence-electron chi connectivity index (χ0n) is 4.80. The maximum absolute atomic E-state index is 3.61. The Labute approximate surface area is 49.5 Å². The summed E-state index contributed by atoms with van der Waals surface area (Å²) in [6, 6.07) is 0. The summed E-state index contributed by atoms with van der Waals surface area (Å²) in [7, 11) is 0. The zero-order chi connectivity index (χ0) is 5.82. The molecule has 44 valence electrons. The Morgan fingerprint density at radius 3 is 3.25 bits per heavy atom. The van der Waals surface area contributed by atoms with E-state index in [1.54, 1.807) is 0 Å². The quantitative estimate of drug-likeness (QED) is 0.521. The van der Waals surface area contributed by atoms with Crippen molar-refractivity contribution in [2.45, 2.75) is 0 Å². The summed E-state index contributed by atoms with van der Waals surface area (Å²) in [6.45, 7) is 5.45. The molecule has 1 aliphatic heterocycles. The van der Waals surface area contributed by atoms with Crippen LogP contribution in [0.5, 0.6) is 0 Å². The third-order valence-electron chi connectivity index (χ3n) is 1.02. The standard InChI is InChI=1S/C6H10N2/c1-2-5-8-6-3-4-7-8/h2-3,6-7H,1,4-5H2. The largest absolute Gasteiger partial charge is 0.312 e. The van der Waals surface area contributed by atoms with Gasteiger partial charge in [-0.15, -0.1) is 6.58 Å². The normalized spacial score (nSPS) is 17.2. The summed E-state index contributed by atoms with van der Waals surface area (Å²) < 4.78 is 0. The molecule has 1 heterocycles. The summed E-state index contributed by atoms with van der Waals surface area (Å²) >= 11 is 0. The molecule has 0 saturated heterocycles. The summed E-state index contributed by atoms with van der Waals surface area (Å²) in [6.07, 6.45) is 5.95. The maximum atomic E-state index is 3.61. The lowest BCUT2D eigenvalue weighted by molar-refractivity contribution is 0.339. The van der Waals surface area contributed by atoms with E-state index in [0.29, 0.717) is 0 Å². The van der Waals surface area contributed by atoms with Gasteiger partial charge in [-0.05, 0) is 0 Å². The Bertz CT molecular complexity index is 107. The first-order valence-electron chi connectivity index (χ1n) is 2.71. The van der Waals surface area contributed by atoms with Crippen LogP contribution in [-0.4, -0.2) is 18.1 Å². The predicted molar refractivity (Wildman–Crippen MR) is 34.0 cm³/mol. The number of nitrogens with zero attached hydrogens (tertiary/aromatic N) is 1. The Hall–Kier alpha value is -0.760. The topological polar surface area (TPSA) is 15.3 Å². The number of hydrazine groups is 1. The molecule has 0 fully saturated rings. The monoisotopic (exact) mass is 110 g/mol. The van der Waals surface area contributed by atoms with Crippen LogP contribution in [0.25, 0.3) is 0 Å². The van der Waals surface area contributed by atoms with Gasteiger partial charge >= 0.3 is 0 Å². The molecule has 1 rings (SSSR count). The van der Waals surface area contributed by atoms with E-state index in [9.17, 15) is 0 Å². The molecule has 0 aromatic carbocycles. The maximum Gasteiger partial charge on any atom is 0.0516 e. The molecule has 0 aromatic rings. The number of nitrogens with one attached hydrogen (secondary N) is 1. The van der Waals surface area contributed by atoms with Gasteiger partial charge < -0.3 is 5.01 Å². The highest BCUT2D eigenvalue weighted by molar-refractivity contribution is 4.91. The Morgan fingerprint density at radius 2 is 2.75 bits per heavy atom. The van der Waals surface area contributed by atoms with Gasteiger partial charge in [-0.1, -0.05) is 12.2 Å². The highest BCUT2D eigenvalue weighted by atomic mass is 15.5. The SMILES string of the molecule is C=CCN1C=CCN1. The molecule has 0 bridgehead atoms. The third kappa shape index (κ3) is 1.10. The summed E-state index contributed by atoms with van der Waals surface area (Å²) in [5.74, 6) is 0. The lowest BCUT2D eigenvalue weighted by atomic mass is 10.6. The summed E-state index contributed by atoms with van der Waals surface area (Å²) in [5, 5.41) is 1.99. The highest BCUT2D eigenvalue weighted by Gasteiger charge is 1.97. The minimum absolute atomic E-state index is 0.885.